The zero-order chi connectivity index (χ0) is 7.72. The standard InChI is InChI=1S/C4H6N2O2S2/c5-3(7)1-2(4(6)8)10-9-1/h1-2H,(H2,5,7)(H2,6,8). The molecule has 0 aromatic carbocycles. The minimum absolute atomic E-state index is 0.414. The minimum atomic E-state index is -0.465. The molecular formula is C4H6N2O2S2. The lowest BCUT2D eigenvalue weighted by Gasteiger charge is -2.28. The van der Waals surface area contributed by atoms with Gasteiger partial charge in [0.2, 0.25) is 11.8 Å². The van der Waals surface area contributed by atoms with Crippen LogP contribution < -0.4 is 11.5 Å². The summed E-state index contributed by atoms with van der Waals surface area (Å²) >= 11 is 0. The maximum absolute atomic E-state index is 10.5. The van der Waals surface area contributed by atoms with Crippen molar-refractivity contribution in [2.24, 2.45) is 11.5 Å². The molecule has 0 radical (unpaired) electrons. The van der Waals surface area contributed by atoms with E-state index in [0.29, 0.717) is 0 Å². The number of carbonyl (C=O) groups is 2. The zero-order valence-corrected chi connectivity index (χ0v) is 6.58. The van der Waals surface area contributed by atoms with Crippen LogP contribution in [0.5, 0.6) is 0 Å². The predicted octanol–water partition coefficient (Wildman–Crippen LogP) is -0.911. The molecule has 2 atom stereocenters. The Balaban J connectivity index is 2.51. The Morgan fingerprint density at radius 2 is 1.30 bits per heavy atom. The summed E-state index contributed by atoms with van der Waals surface area (Å²) < 4.78 is 0. The Labute approximate surface area is 65.5 Å². The highest BCUT2D eigenvalue weighted by atomic mass is 33.1. The number of amides is 2. The minimum Gasteiger partial charge on any atom is -0.369 e. The van der Waals surface area contributed by atoms with Gasteiger partial charge in [-0.1, -0.05) is 21.6 Å². The fourth-order valence-electron chi connectivity index (χ4n) is 0.560. The topological polar surface area (TPSA) is 86.2 Å². The van der Waals surface area contributed by atoms with Crippen LogP contribution in [-0.4, -0.2) is 22.3 Å². The summed E-state index contributed by atoms with van der Waals surface area (Å²) in [6, 6.07) is 0. The van der Waals surface area contributed by atoms with E-state index < -0.39 is 22.3 Å². The summed E-state index contributed by atoms with van der Waals surface area (Å²) in [5, 5.41) is -0.829. The average Bonchev–Trinajstić information content (AvgIpc) is 1.56. The van der Waals surface area contributed by atoms with Crippen molar-refractivity contribution in [3.63, 3.8) is 0 Å². The number of primary amides is 2. The lowest BCUT2D eigenvalue weighted by Crippen LogP contribution is -2.46. The maximum atomic E-state index is 10.5. The Morgan fingerprint density at radius 3 is 1.40 bits per heavy atom. The van der Waals surface area contributed by atoms with Gasteiger partial charge >= 0.3 is 0 Å². The fraction of sp³-hybridized carbons (Fsp3) is 0.500. The molecule has 6 heteroatoms. The smallest absolute Gasteiger partial charge is 0.233 e. The molecule has 2 amide bonds. The summed E-state index contributed by atoms with van der Waals surface area (Å²) in [6.07, 6.45) is 0. The van der Waals surface area contributed by atoms with Gasteiger partial charge in [-0.25, -0.2) is 0 Å². The summed E-state index contributed by atoms with van der Waals surface area (Å²) in [4.78, 5) is 21.0. The first kappa shape index (κ1) is 7.74. The van der Waals surface area contributed by atoms with Crippen LogP contribution in [-0.2, 0) is 9.59 Å². The highest BCUT2D eigenvalue weighted by Gasteiger charge is 2.41. The van der Waals surface area contributed by atoms with E-state index in [1.807, 2.05) is 0 Å². The highest BCUT2D eigenvalue weighted by Crippen LogP contribution is 2.47. The molecule has 0 bridgehead atoms. The molecule has 1 aliphatic rings. The van der Waals surface area contributed by atoms with Crippen LogP contribution in [0.25, 0.3) is 0 Å². The second-order valence-electron chi connectivity index (χ2n) is 1.84. The van der Waals surface area contributed by atoms with Crippen molar-refractivity contribution in [2.75, 3.05) is 0 Å². The van der Waals surface area contributed by atoms with Crippen LogP contribution in [0.2, 0.25) is 0 Å². The van der Waals surface area contributed by atoms with Crippen LogP contribution in [0.1, 0.15) is 0 Å². The lowest BCUT2D eigenvalue weighted by molar-refractivity contribution is -0.122. The summed E-state index contributed by atoms with van der Waals surface area (Å²) in [5.41, 5.74) is 9.89. The van der Waals surface area contributed by atoms with Crippen molar-refractivity contribution in [1.82, 2.24) is 0 Å². The molecule has 1 fully saturated rings. The normalized spacial score (nSPS) is 30.8. The second kappa shape index (κ2) is 2.71. The molecule has 56 valence electrons. The van der Waals surface area contributed by atoms with Gasteiger partial charge < -0.3 is 11.5 Å². The molecule has 1 rings (SSSR count). The van der Waals surface area contributed by atoms with E-state index in [9.17, 15) is 9.59 Å². The van der Waals surface area contributed by atoms with E-state index in [4.69, 9.17) is 11.5 Å². The third-order valence-electron chi connectivity index (χ3n) is 1.10. The first-order chi connectivity index (χ1) is 4.63. The van der Waals surface area contributed by atoms with E-state index in [2.05, 4.69) is 0 Å². The molecule has 1 saturated heterocycles. The molecule has 0 aromatic rings. The molecule has 2 unspecified atom stereocenters. The van der Waals surface area contributed by atoms with Gasteiger partial charge in [-0.2, -0.15) is 0 Å². The Morgan fingerprint density at radius 1 is 1.00 bits per heavy atom. The predicted molar refractivity (Wildman–Crippen MR) is 41.1 cm³/mol. The second-order valence-corrected chi connectivity index (χ2v) is 4.39. The van der Waals surface area contributed by atoms with Crippen LogP contribution in [0.4, 0.5) is 0 Å². The SMILES string of the molecule is NC(=O)C1SSC1C(N)=O. The zero-order valence-electron chi connectivity index (χ0n) is 4.94. The molecule has 0 aliphatic carbocycles. The fourth-order valence-corrected chi connectivity index (χ4v) is 2.92. The molecule has 1 heterocycles. The van der Waals surface area contributed by atoms with Crippen LogP contribution in [0.3, 0.4) is 0 Å². The number of hydrogen-bond donors (Lipinski definition) is 2. The van der Waals surface area contributed by atoms with Crippen molar-refractivity contribution >= 4 is 33.4 Å². The van der Waals surface area contributed by atoms with Gasteiger partial charge in [0.25, 0.3) is 0 Å². The first-order valence-corrected chi connectivity index (χ1v) is 4.81. The Hall–Kier alpha value is -0.360. The van der Waals surface area contributed by atoms with Crippen molar-refractivity contribution < 1.29 is 9.59 Å². The van der Waals surface area contributed by atoms with E-state index in [1.54, 1.807) is 0 Å². The Bertz CT molecular complexity index is 164. The first-order valence-electron chi connectivity index (χ1n) is 2.53. The maximum Gasteiger partial charge on any atom is 0.233 e. The third-order valence-corrected chi connectivity index (χ3v) is 4.38. The van der Waals surface area contributed by atoms with Gasteiger partial charge in [-0.3, -0.25) is 9.59 Å². The van der Waals surface area contributed by atoms with Gasteiger partial charge in [-0.15, -0.1) is 0 Å². The van der Waals surface area contributed by atoms with E-state index in [0.717, 1.165) is 0 Å². The molecule has 0 spiro atoms. The number of nitrogens with two attached hydrogens (primary N) is 2. The van der Waals surface area contributed by atoms with Crippen molar-refractivity contribution in [3.8, 4) is 0 Å². The van der Waals surface area contributed by atoms with Gasteiger partial charge in [0.15, 0.2) is 0 Å². The average molecular weight is 178 g/mol. The lowest BCUT2D eigenvalue weighted by atomic mass is 10.3. The highest BCUT2D eigenvalue weighted by molar-refractivity contribution is 8.80. The molecule has 10 heavy (non-hydrogen) atoms. The van der Waals surface area contributed by atoms with Gasteiger partial charge in [-0.05, 0) is 0 Å². The molecule has 1 aliphatic heterocycles. The van der Waals surface area contributed by atoms with Crippen molar-refractivity contribution in [2.45, 2.75) is 10.5 Å². The number of hydrogen-bond acceptors (Lipinski definition) is 4. The van der Waals surface area contributed by atoms with E-state index in [-0.39, 0.29) is 0 Å². The van der Waals surface area contributed by atoms with E-state index in [1.165, 1.54) is 21.6 Å². The largest absolute Gasteiger partial charge is 0.369 e. The number of carbonyl (C=O) groups excluding carboxylic acids is 2. The molecule has 0 aromatic heterocycles. The van der Waals surface area contributed by atoms with Crippen LogP contribution >= 0.6 is 21.6 Å². The van der Waals surface area contributed by atoms with Gasteiger partial charge in [0.05, 0.1) is 0 Å². The van der Waals surface area contributed by atoms with Gasteiger partial charge in [0.1, 0.15) is 10.5 Å². The monoisotopic (exact) mass is 178 g/mol. The molecule has 0 saturated carbocycles. The van der Waals surface area contributed by atoms with Crippen molar-refractivity contribution in [1.29, 1.82) is 0 Å². The summed E-state index contributed by atoms with van der Waals surface area (Å²) in [5.74, 6) is -0.930. The molecular weight excluding hydrogens is 172 g/mol. The van der Waals surface area contributed by atoms with Crippen molar-refractivity contribution in [3.05, 3.63) is 0 Å². The third kappa shape index (κ3) is 1.22. The molecule has 4 N–H and O–H groups in total. The molecule has 4 nitrogen and oxygen atoms in total. The summed E-state index contributed by atoms with van der Waals surface area (Å²) in [7, 11) is 2.58. The quantitative estimate of drug-likeness (QED) is 0.536. The summed E-state index contributed by atoms with van der Waals surface area (Å²) in [6.45, 7) is 0. The van der Waals surface area contributed by atoms with Gasteiger partial charge in [0, 0.05) is 0 Å². The number of rotatable bonds is 2. The Kier molecular flexibility index (Phi) is 2.10. The van der Waals surface area contributed by atoms with Crippen LogP contribution in [0.15, 0.2) is 0 Å². The van der Waals surface area contributed by atoms with E-state index >= 15 is 0 Å². The van der Waals surface area contributed by atoms with Crippen LogP contribution in [0, 0.1) is 0 Å².